The van der Waals surface area contributed by atoms with E-state index in [0.29, 0.717) is 42.0 Å². The maximum Gasteiger partial charge on any atom is 0.343 e. The number of nitrogens with one attached hydrogen (secondary N) is 1. The highest BCUT2D eigenvalue weighted by Crippen LogP contribution is 2.28. The van der Waals surface area contributed by atoms with Gasteiger partial charge in [0.2, 0.25) is 0 Å². The van der Waals surface area contributed by atoms with Crippen LogP contribution < -0.4 is 5.69 Å². The lowest BCUT2D eigenvalue weighted by Crippen LogP contribution is -2.32. The minimum Gasteiger partial charge on any atom is -0.378 e. The minimum atomic E-state index is -0.379. The lowest BCUT2D eigenvalue weighted by atomic mass is 9.92. The summed E-state index contributed by atoms with van der Waals surface area (Å²) in [6, 6.07) is 11.1. The molecule has 2 heterocycles. The van der Waals surface area contributed by atoms with Gasteiger partial charge in [0, 0.05) is 16.7 Å². The Morgan fingerprint density at radius 1 is 1.09 bits per heavy atom. The van der Waals surface area contributed by atoms with Gasteiger partial charge in [0.25, 0.3) is 0 Å². The fourth-order valence-electron chi connectivity index (χ4n) is 3.92. The van der Waals surface area contributed by atoms with Crippen LogP contribution in [0.25, 0.3) is 11.4 Å². The second-order valence-electron chi connectivity index (χ2n) is 8.45. The van der Waals surface area contributed by atoms with Gasteiger partial charge in [-0.2, -0.15) is 10.2 Å². The first kappa shape index (κ1) is 23.3. The Morgan fingerprint density at radius 2 is 1.79 bits per heavy atom. The monoisotopic (exact) mass is 461 g/mol. The molecule has 0 atom stereocenters. The maximum absolute atomic E-state index is 12.6. The van der Waals surface area contributed by atoms with Gasteiger partial charge < -0.3 is 4.74 Å². The third-order valence-corrected chi connectivity index (χ3v) is 5.81. The maximum atomic E-state index is 12.6. The molecule has 1 aliphatic heterocycles. The number of H-pyrrole nitrogens is 1. The Kier molecular flexibility index (Phi) is 7.12. The number of hydrogen-bond donors (Lipinski definition) is 1. The molecule has 1 N–H and O–H groups in total. The van der Waals surface area contributed by atoms with Crippen molar-refractivity contribution in [3.05, 3.63) is 74.7 Å². The summed E-state index contributed by atoms with van der Waals surface area (Å²) in [6.07, 6.45) is 3.23. The highest BCUT2D eigenvalue weighted by molar-refractivity contribution is 5.91. The van der Waals surface area contributed by atoms with Crippen LogP contribution in [0.3, 0.4) is 0 Å². The van der Waals surface area contributed by atoms with Crippen LogP contribution in [0.4, 0.5) is 0 Å². The average molecular weight is 462 g/mol. The third-order valence-electron chi connectivity index (χ3n) is 5.81. The Morgan fingerprint density at radius 3 is 2.44 bits per heavy atom. The van der Waals surface area contributed by atoms with Crippen molar-refractivity contribution in [2.24, 2.45) is 5.10 Å². The molecule has 1 saturated heterocycles. The van der Waals surface area contributed by atoms with E-state index in [1.54, 1.807) is 12.1 Å². The molecule has 0 spiro atoms. The third kappa shape index (κ3) is 5.04. The lowest BCUT2D eigenvalue weighted by Gasteiger charge is -2.23. The van der Waals surface area contributed by atoms with Crippen molar-refractivity contribution >= 4 is 18.8 Å². The summed E-state index contributed by atoms with van der Waals surface area (Å²) in [4.78, 5) is 35.9. The average Bonchev–Trinajstić information content (AvgIpc) is 3.22. The number of aromatic amines is 1. The zero-order valence-electron chi connectivity index (χ0n) is 19.2. The van der Waals surface area contributed by atoms with E-state index in [-0.39, 0.29) is 18.2 Å². The van der Waals surface area contributed by atoms with Gasteiger partial charge in [0.1, 0.15) is 6.29 Å². The fraction of sp³-hybridized carbons (Fsp3) is 0.320. The molecule has 0 saturated carbocycles. The molecule has 34 heavy (non-hydrogen) atoms. The second kappa shape index (κ2) is 10.4. The molecule has 1 fully saturated rings. The van der Waals surface area contributed by atoms with Crippen molar-refractivity contribution in [2.75, 3.05) is 26.3 Å². The van der Waals surface area contributed by atoms with Crippen LogP contribution in [0.5, 0.6) is 0 Å². The smallest absolute Gasteiger partial charge is 0.343 e. The molecule has 0 amide bonds. The molecule has 0 bridgehead atoms. The summed E-state index contributed by atoms with van der Waals surface area (Å²) in [6.45, 7) is 7.12. The molecule has 4 rings (SSSR count). The standard InChI is InChI=1S/C25H27N5O4/c1-17(2)22-12-23(21(16-32)11-20(22)15-31)24-27-28-25(33)30(24)14-19-5-3-18(4-6-19)13-26-29-7-9-34-10-8-29/h3-6,11-13,15-17H,7-10,14H2,1-2H3,(H,28,33)/b26-13+. The van der Waals surface area contributed by atoms with Crippen LogP contribution in [0.1, 0.15) is 57.2 Å². The van der Waals surface area contributed by atoms with E-state index >= 15 is 0 Å². The van der Waals surface area contributed by atoms with Gasteiger partial charge in [-0.1, -0.05) is 38.1 Å². The molecule has 3 aromatic rings. The molecule has 0 unspecified atom stereocenters. The first-order chi connectivity index (χ1) is 16.5. The van der Waals surface area contributed by atoms with E-state index in [1.807, 2.05) is 49.3 Å². The highest BCUT2D eigenvalue weighted by Gasteiger charge is 2.19. The fourth-order valence-corrected chi connectivity index (χ4v) is 3.92. The van der Waals surface area contributed by atoms with Gasteiger partial charge >= 0.3 is 5.69 Å². The number of nitrogens with zero attached hydrogens (tertiary/aromatic N) is 4. The Bertz CT molecular complexity index is 1250. The normalized spacial score (nSPS) is 14.1. The topological polar surface area (TPSA) is 110 Å². The summed E-state index contributed by atoms with van der Waals surface area (Å²) in [5.41, 5.74) is 3.54. The number of carbonyl (C=O) groups is 2. The molecule has 0 aliphatic carbocycles. The molecular formula is C25H27N5O4. The van der Waals surface area contributed by atoms with E-state index in [0.717, 1.165) is 36.1 Å². The van der Waals surface area contributed by atoms with Gasteiger partial charge in [0.05, 0.1) is 39.1 Å². The van der Waals surface area contributed by atoms with E-state index in [9.17, 15) is 14.4 Å². The van der Waals surface area contributed by atoms with Crippen LogP contribution >= 0.6 is 0 Å². The molecule has 9 nitrogen and oxygen atoms in total. The van der Waals surface area contributed by atoms with Gasteiger partial charge in [-0.05, 0) is 34.7 Å². The van der Waals surface area contributed by atoms with Crippen LogP contribution in [0.15, 0.2) is 46.3 Å². The van der Waals surface area contributed by atoms with Crippen LogP contribution in [0, 0.1) is 0 Å². The van der Waals surface area contributed by atoms with Crippen LogP contribution in [-0.4, -0.2) is 64.9 Å². The number of ether oxygens (including phenoxy) is 1. The zero-order chi connectivity index (χ0) is 24.1. The Labute approximate surface area is 197 Å². The summed E-state index contributed by atoms with van der Waals surface area (Å²) in [5.74, 6) is 0.412. The molecule has 1 aliphatic rings. The molecular weight excluding hydrogens is 434 g/mol. The van der Waals surface area contributed by atoms with E-state index in [4.69, 9.17) is 4.74 Å². The number of aromatic nitrogens is 3. The Balaban J connectivity index is 1.61. The number of hydrogen-bond acceptors (Lipinski definition) is 7. The molecule has 9 heteroatoms. The van der Waals surface area contributed by atoms with E-state index in [1.165, 1.54) is 4.57 Å². The summed E-state index contributed by atoms with van der Waals surface area (Å²) in [5, 5.41) is 13.1. The second-order valence-corrected chi connectivity index (χ2v) is 8.45. The number of morpholine rings is 1. The summed E-state index contributed by atoms with van der Waals surface area (Å²) >= 11 is 0. The van der Waals surface area contributed by atoms with Gasteiger partial charge in [-0.3, -0.25) is 19.2 Å². The lowest BCUT2D eigenvalue weighted by molar-refractivity contribution is 0.0397. The largest absolute Gasteiger partial charge is 0.378 e. The quantitative estimate of drug-likeness (QED) is 0.408. The van der Waals surface area contributed by atoms with Crippen molar-refractivity contribution in [1.29, 1.82) is 0 Å². The van der Waals surface area contributed by atoms with Crippen molar-refractivity contribution < 1.29 is 14.3 Å². The SMILES string of the molecule is CC(C)c1cc(-c2n[nH]c(=O)n2Cc2ccc(/C=N/N3CCOCC3)cc2)c(C=O)cc1C=O. The van der Waals surface area contributed by atoms with E-state index < -0.39 is 0 Å². The van der Waals surface area contributed by atoms with Crippen LogP contribution in [0.2, 0.25) is 0 Å². The van der Waals surface area contributed by atoms with E-state index in [2.05, 4.69) is 15.3 Å². The highest BCUT2D eigenvalue weighted by atomic mass is 16.5. The van der Waals surface area contributed by atoms with Crippen molar-refractivity contribution in [1.82, 2.24) is 19.8 Å². The number of carbonyl (C=O) groups excluding carboxylic acids is 2. The van der Waals surface area contributed by atoms with Crippen molar-refractivity contribution in [2.45, 2.75) is 26.3 Å². The Hall–Kier alpha value is -3.85. The first-order valence-corrected chi connectivity index (χ1v) is 11.2. The number of hydrazone groups is 1. The summed E-state index contributed by atoms with van der Waals surface area (Å²) < 4.78 is 6.82. The van der Waals surface area contributed by atoms with Crippen LogP contribution in [-0.2, 0) is 11.3 Å². The van der Waals surface area contributed by atoms with Gasteiger partial charge in [-0.25, -0.2) is 9.89 Å². The minimum absolute atomic E-state index is 0.0606. The number of rotatable bonds is 8. The molecule has 176 valence electrons. The molecule has 0 radical (unpaired) electrons. The van der Waals surface area contributed by atoms with Crippen molar-refractivity contribution in [3.63, 3.8) is 0 Å². The number of aldehydes is 2. The predicted molar refractivity (Wildman–Crippen MR) is 129 cm³/mol. The molecule has 1 aromatic heterocycles. The first-order valence-electron chi connectivity index (χ1n) is 11.2. The molecule has 2 aromatic carbocycles. The van der Waals surface area contributed by atoms with Gasteiger partial charge in [-0.15, -0.1) is 0 Å². The number of benzene rings is 2. The zero-order valence-corrected chi connectivity index (χ0v) is 19.2. The van der Waals surface area contributed by atoms with Crippen molar-refractivity contribution in [3.8, 4) is 11.4 Å². The summed E-state index contributed by atoms with van der Waals surface area (Å²) in [7, 11) is 0. The predicted octanol–water partition coefficient (Wildman–Crippen LogP) is 2.70. The van der Waals surface area contributed by atoms with Gasteiger partial charge in [0.15, 0.2) is 12.1 Å².